The van der Waals surface area contributed by atoms with Gasteiger partial charge in [0.25, 0.3) is 0 Å². The molecule has 92 valence electrons. The first-order chi connectivity index (χ1) is 7.95. The second-order valence-electron chi connectivity index (χ2n) is 3.56. The van der Waals surface area contributed by atoms with Gasteiger partial charge in [-0.3, -0.25) is 16.1 Å². The summed E-state index contributed by atoms with van der Waals surface area (Å²) < 4.78 is 1.00. The summed E-state index contributed by atoms with van der Waals surface area (Å²) >= 11 is 3.40. The molecule has 5 nitrogen and oxygen atoms in total. The predicted molar refractivity (Wildman–Crippen MR) is 74.7 cm³/mol. The fourth-order valence-electron chi connectivity index (χ4n) is 1.57. The molecular formula is C11H16BrN5. The van der Waals surface area contributed by atoms with Crippen molar-refractivity contribution in [3.8, 4) is 0 Å². The van der Waals surface area contributed by atoms with Crippen LogP contribution in [0.25, 0.3) is 0 Å². The molecule has 0 aliphatic rings. The molecule has 0 saturated heterocycles. The van der Waals surface area contributed by atoms with Crippen molar-refractivity contribution < 1.29 is 0 Å². The van der Waals surface area contributed by atoms with Crippen LogP contribution >= 0.6 is 15.9 Å². The molecule has 0 aromatic heterocycles. The number of halogens is 1. The molecule has 1 aromatic rings. The highest BCUT2D eigenvalue weighted by Gasteiger charge is 2.13. The molecule has 0 spiro atoms. The van der Waals surface area contributed by atoms with Crippen molar-refractivity contribution in [2.75, 3.05) is 11.4 Å². The lowest BCUT2D eigenvalue weighted by atomic mass is 10.2. The highest BCUT2D eigenvalue weighted by Crippen LogP contribution is 2.23. The SMILES string of the molecule is CCN(C(=N)NC(=N)N)c1ccc(Br)cc1C. The van der Waals surface area contributed by atoms with Crippen molar-refractivity contribution in [1.29, 1.82) is 10.8 Å². The van der Waals surface area contributed by atoms with E-state index in [-0.39, 0.29) is 11.9 Å². The van der Waals surface area contributed by atoms with Crippen molar-refractivity contribution in [2.24, 2.45) is 5.73 Å². The number of hydrogen-bond acceptors (Lipinski definition) is 2. The lowest BCUT2D eigenvalue weighted by molar-refractivity contribution is 0.994. The van der Waals surface area contributed by atoms with Gasteiger partial charge in [-0.25, -0.2) is 0 Å². The van der Waals surface area contributed by atoms with Crippen molar-refractivity contribution in [1.82, 2.24) is 5.32 Å². The van der Waals surface area contributed by atoms with Gasteiger partial charge in [0.1, 0.15) is 0 Å². The Balaban J connectivity index is 3.01. The first-order valence-electron chi connectivity index (χ1n) is 5.19. The average molecular weight is 298 g/mol. The van der Waals surface area contributed by atoms with Crippen LogP contribution in [0.3, 0.4) is 0 Å². The quantitative estimate of drug-likeness (QED) is 0.497. The van der Waals surface area contributed by atoms with Gasteiger partial charge in [-0.15, -0.1) is 0 Å². The number of benzene rings is 1. The molecule has 1 rings (SSSR count). The normalized spacial score (nSPS) is 9.82. The largest absolute Gasteiger partial charge is 0.370 e. The Morgan fingerprint density at radius 2 is 2.12 bits per heavy atom. The molecule has 6 heteroatoms. The Bertz CT molecular complexity index is 443. The number of hydrogen-bond donors (Lipinski definition) is 4. The van der Waals surface area contributed by atoms with Crippen molar-refractivity contribution in [3.05, 3.63) is 28.2 Å². The van der Waals surface area contributed by atoms with E-state index in [9.17, 15) is 0 Å². The number of nitrogens with zero attached hydrogens (tertiary/aromatic N) is 1. The minimum Gasteiger partial charge on any atom is -0.370 e. The number of nitrogens with one attached hydrogen (secondary N) is 3. The van der Waals surface area contributed by atoms with Gasteiger partial charge >= 0.3 is 0 Å². The molecule has 0 heterocycles. The summed E-state index contributed by atoms with van der Waals surface area (Å²) in [5, 5.41) is 17.5. The lowest BCUT2D eigenvalue weighted by Crippen LogP contribution is -2.46. The lowest BCUT2D eigenvalue weighted by Gasteiger charge is -2.25. The molecule has 0 amide bonds. The highest BCUT2D eigenvalue weighted by atomic mass is 79.9. The van der Waals surface area contributed by atoms with Crippen molar-refractivity contribution in [2.45, 2.75) is 13.8 Å². The van der Waals surface area contributed by atoms with Gasteiger partial charge in [0.15, 0.2) is 5.96 Å². The Morgan fingerprint density at radius 3 is 2.59 bits per heavy atom. The fraction of sp³-hybridized carbons (Fsp3) is 0.273. The van der Waals surface area contributed by atoms with E-state index >= 15 is 0 Å². The number of aryl methyl sites for hydroxylation is 1. The fourth-order valence-corrected chi connectivity index (χ4v) is 2.04. The van der Waals surface area contributed by atoms with Crippen LogP contribution in [0.2, 0.25) is 0 Å². The van der Waals surface area contributed by atoms with Crippen LogP contribution in [-0.2, 0) is 0 Å². The molecule has 0 radical (unpaired) electrons. The zero-order valence-electron chi connectivity index (χ0n) is 9.84. The second-order valence-corrected chi connectivity index (χ2v) is 4.48. The van der Waals surface area contributed by atoms with Gasteiger partial charge in [-0.2, -0.15) is 0 Å². The number of guanidine groups is 2. The third-order valence-electron chi connectivity index (χ3n) is 2.29. The summed E-state index contributed by atoms with van der Waals surface area (Å²) in [5.41, 5.74) is 7.20. The Hall–Kier alpha value is -1.56. The molecule has 0 unspecified atom stereocenters. The smallest absolute Gasteiger partial charge is 0.202 e. The summed E-state index contributed by atoms with van der Waals surface area (Å²) in [6.07, 6.45) is 0. The molecule has 0 aliphatic carbocycles. The molecule has 0 fully saturated rings. The molecular weight excluding hydrogens is 282 g/mol. The van der Waals surface area contributed by atoms with Crippen LogP contribution in [0.1, 0.15) is 12.5 Å². The van der Waals surface area contributed by atoms with E-state index in [1.807, 2.05) is 32.0 Å². The monoisotopic (exact) mass is 297 g/mol. The maximum absolute atomic E-state index is 7.85. The molecule has 0 bridgehead atoms. The van der Waals surface area contributed by atoms with E-state index in [1.165, 1.54) is 0 Å². The van der Waals surface area contributed by atoms with Crippen molar-refractivity contribution >= 4 is 33.5 Å². The molecule has 17 heavy (non-hydrogen) atoms. The maximum atomic E-state index is 7.85. The van der Waals surface area contributed by atoms with Gasteiger partial charge in [0, 0.05) is 16.7 Å². The first kappa shape index (κ1) is 13.5. The van der Waals surface area contributed by atoms with E-state index in [1.54, 1.807) is 4.90 Å². The molecule has 0 atom stereocenters. The van der Waals surface area contributed by atoms with Gasteiger partial charge in [-0.1, -0.05) is 15.9 Å². The maximum Gasteiger partial charge on any atom is 0.202 e. The van der Waals surface area contributed by atoms with Crippen LogP contribution in [-0.4, -0.2) is 18.5 Å². The van der Waals surface area contributed by atoms with Crippen LogP contribution in [0.5, 0.6) is 0 Å². The minimum absolute atomic E-state index is 0.102. The third kappa shape index (κ3) is 3.45. The predicted octanol–water partition coefficient (Wildman–Crippen LogP) is 2.00. The second kappa shape index (κ2) is 5.67. The number of nitrogens with two attached hydrogens (primary N) is 1. The van der Waals surface area contributed by atoms with Gasteiger partial charge < -0.3 is 10.6 Å². The van der Waals surface area contributed by atoms with E-state index in [0.717, 1.165) is 15.7 Å². The van der Waals surface area contributed by atoms with Gasteiger partial charge in [0.05, 0.1) is 0 Å². The first-order valence-corrected chi connectivity index (χ1v) is 5.98. The van der Waals surface area contributed by atoms with E-state index < -0.39 is 0 Å². The Morgan fingerprint density at radius 1 is 1.47 bits per heavy atom. The summed E-state index contributed by atoms with van der Waals surface area (Å²) in [7, 11) is 0. The third-order valence-corrected chi connectivity index (χ3v) is 2.78. The Kier molecular flexibility index (Phi) is 4.51. The minimum atomic E-state index is -0.233. The summed E-state index contributed by atoms with van der Waals surface area (Å²) in [6.45, 7) is 4.54. The number of rotatable bonds is 2. The van der Waals surface area contributed by atoms with Crippen LogP contribution in [0, 0.1) is 17.7 Å². The average Bonchev–Trinajstić information content (AvgIpc) is 2.21. The molecule has 0 aliphatic heterocycles. The summed E-state index contributed by atoms with van der Waals surface area (Å²) in [4.78, 5) is 1.75. The zero-order valence-corrected chi connectivity index (χ0v) is 11.4. The molecule has 1 aromatic carbocycles. The van der Waals surface area contributed by atoms with Gasteiger partial charge in [-0.05, 0) is 37.6 Å². The van der Waals surface area contributed by atoms with E-state index in [2.05, 4.69) is 21.2 Å². The number of anilines is 1. The standard InChI is InChI=1S/C11H16BrN5/c1-3-17(11(15)16-10(13)14)9-5-4-8(12)6-7(9)2/h4-6H,3H2,1-2H3,(H5,13,14,15,16). The van der Waals surface area contributed by atoms with E-state index in [4.69, 9.17) is 16.6 Å². The summed E-state index contributed by atoms with van der Waals surface area (Å²) in [6, 6.07) is 5.84. The molecule has 0 saturated carbocycles. The Labute approximate surface area is 109 Å². The zero-order chi connectivity index (χ0) is 13.0. The van der Waals surface area contributed by atoms with Gasteiger partial charge in [0.2, 0.25) is 5.96 Å². The van der Waals surface area contributed by atoms with Crippen molar-refractivity contribution in [3.63, 3.8) is 0 Å². The topological polar surface area (TPSA) is 89.0 Å². The van der Waals surface area contributed by atoms with Crippen LogP contribution in [0.4, 0.5) is 5.69 Å². The molecule has 5 N–H and O–H groups in total. The van der Waals surface area contributed by atoms with Crippen LogP contribution < -0.4 is 16.0 Å². The van der Waals surface area contributed by atoms with E-state index in [0.29, 0.717) is 6.54 Å². The summed E-state index contributed by atoms with van der Waals surface area (Å²) in [5.74, 6) is -0.131. The van der Waals surface area contributed by atoms with Crippen LogP contribution in [0.15, 0.2) is 22.7 Å². The highest BCUT2D eigenvalue weighted by molar-refractivity contribution is 9.10.